The number of rotatable bonds is 8. The summed E-state index contributed by atoms with van der Waals surface area (Å²) < 4.78 is 38.9. The number of ether oxygens (including phenoxy) is 3. The summed E-state index contributed by atoms with van der Waals surface area (Å²) in [7, 11) is 1.30. The van der Waals surface area contributed by atoms with Gasteiger partial charge in [0, 0.05) is 18.2 Å². The third kappa shape index (κ3) is 6.07. The van der Waals surface area contributed by atoms with Crippen LogP contribution in [0, 0.1) is 10.1 Å². The van der Waals surface area contributed by atoms with Crippen LogP contribution in [-0.2, 0) is 16.1 Å². The molecule has 0 unspecified atom stereocenters. The molecule has 0 aliphatic rings. The lowest BCUT2D eigenvalue weighted by Gasteiger charge is -2.11. The van der Waals surface area contributed by atoms with Crippen LogP contribution in [0.3, 0.4) is 0 Å². The second-order valence-corrected chi connectivity index (χ2v) is 5.16. The maximum atomic E-state index is 12.3. The molecule has 0 aliphatic carbocycles. The molecule has 9 heteroatoms. The summed E-state index contributed by atoms with van der Waals surface area (Å²) in [5.41, 5.74) is 0.880. The number of alkyl halides is 2. The fraction of sp³-hybridized carbons (Fsp3) is 0.167. The molecule has 0 heterocycles. The minimum absolute atomic E-state index is 0.0796. The number of nitro benzene ring substituents is 1. The lowest BCUT2D eigenvalue weighted by Crippen LogP contribution is -2.05. The Morgan fingerprint density at radius 3 is 2.67 bits per heavy atom. The minimum Gasteiger partial charge on any atom is -0.493 e. The van der Waals surface area contributed by atoms with Crippen molar-refractivity contribution in [3.8, 4) is 11.5 Å². The molecule has 7 nitrogen and oxygen atoms in total. The SMILES string of the molecule is COc1cc(COC(=O)/C=C/c2cccc([N+](=O)[O-])c2)ccc1OC(F)F. The Morgan fingerprint density at radius 2 is 2.00 bits per heavy atom. The van der Waals surface area contributed by atoms with Crippen molar-refractivity contribution in [3.63, 3.8) is 0 Å². The smallest absolute Gasteiger partial charge is 0.387 e. The van der Waals surface area contributed by atoms with Gasteiger partial charge in [0.05, 0.1) is 12.0 Å². The quantitative estimate of drug-likeness (QED) is 0.299. The average Bonchev–Trinajstić information content (AvgIpc) is 2.65. The van der Waals surface area contributed by atoms with E-state index >= 15 is 0 Å². The molecule has 0 atom stereocenters. The van der Waals surface area contributed by atoms with E-state index in [0.717, 1.165) is 6.08 Å². The van der Waals surface area contributed by atoms with E-state index in [0.29, 0.717) is 11.1 Å². The Labute approximate surface area is 152 Å². The maximum Gasteiger partial charge on any atom is 0.387 e. The van der Waals surface area contributed by atoms with Gasteiger partial charge in [0.1, 0.15) is 6.61 Å². The molecule has 0 aliphatic heterocycles. The summed E-state index contributed by atoms with van der Waals surface area (Å²) in [5.74, 6) is -0.725. The van der Waals surface area contributed by atoms with Gasteiger partial charge in [0.25, 0.3) is 5.69 Å². The molecule has 0 radical (unpaired) electrons. The Kier molecular flexibility index (Phi) is 6.81. The van der Waals surface area contributed by atoms with Crippen molar-refractivity contribution in [1.29, 1.82) is 0 Å². The van der Waals surface area contributed by atoms with Gasteiger partial charge >= 0.3 is 12.6 Å². The third-order valence-electron chi connectivity index (χ3n) is 3.32. The van der Waals surface area contributed by atoms with E-state index in [-0.39, 0.29) is 23.8 Å². The summed E-state index contributed by atoms with van der Waals surface area (Å²) in [6, 6.07) is 9.91. The van der Waals surface area contributed by atoms with Crippen LogP contribution >= 0.6 is 0 Å². The number of hydrogen-bond donors (Lipinski definition) is 0. The summed E-state index contributed by atoms with van der Waals surface area (Å²) in [4.78, 5) is 22.0. The van der Waals surface area contributed by atoms with Crippen LogP contribution in [0.15, 0.2) is 48.5 Å². The van der Waals surface area contributed by atoms with Crippen molar-refractivity contribution < 1.29 is 32.7 Å². The highest BCUT2D eigenvalue weighted by molar-refractivity contribution is 5.87. The normalized spacial score (nSPS) is 10.8. The molecule has 2 aromatic rings. The van der Waals surface area contributed by atoms with E-state index in [1.807, 2.05) is 0 Å². The van der Waals surface area contributed by atoms with Crippen LogP contribution in [0.4, 0.5) is 14.5 Å². The van der Waals surface area contributed by atoms with Crippen molar-refractivity contribution in [2.75, 3.05) is 7.11 Å². The van der Waals surface area contributed by atoms with Gasteiger partial charge in [-0.1, -0.05) is 18.2 Å². The largest absolute Gasteiger partial charge is 0.493 e. The zero-order valence-electron chi connectivity index (χ0n) is 14.1. The molecule has 0 fully saturated rings. The van der Waals surface area contributed by atoms with Crippen molar-refractivity contribution >= 4 is 17.7 Å². The fourth-order valence-electron chi connectivity index (χ4n) is 2.10. The fourth-order valence-corrected chi connectivity index (χ4v) is 2.10. The number of esters is 1. The Balaban J connectivity index is 1.97. The summed E-state index contributed by atoms with van der Waals surface area (Å²) in [6.07, 6.45) is 2.51. The Morgan fingerprint density at radius 1 is 1.22 bits per heavy atom. The zero-order valence-corrected chi connectivity index (χ0v) is 14.1. The first-order chi connectivity index (χ1) is 12.9. The van der Waals surface area contributed by atoms with Crippen LogP contribution in [0.2, 0.25) is 0 Å². The molecule has 0 saturated heterocycles. The first-order valence-electron chi connectivity index (χ1n) is 7.60. The van der Waals surface area contributed by atoms with Crippen molar-refractivity contribution in [3.05, 3.63) is 69.8 Å². The monoisotopic (exact) mass is 379 g/mol. The molecule has 2 rings (SSSR count). The van der Waals surface area contributed by atoms with Gasteiger partial charge in [-0.15, -0.1) is 0 Å². The minimum atomic E-state index is -2.98. The van der Waals surface area contributed by atoms with Gasteiger partial charge in [-0.2, -0.15) is 8.78 Å². The summed E-state index contributed by atoms with van der Waals surface area (Å²) in [6.45, 7) is -3.11. The number of halogens is 2. The molecule has 0 N–H and O–H groups in total. The van der Waals surface area contributed by atoms with Gasteiger partial charge in [0.2, 0.25) is 0 Å². The Bertz CT molecular complexity index is 853. The predicted molar refractivity (Wildman–Crippen MR) is 91.6 cm³/mol. The van der Waals surface area contributed by atoms with Crippen molar-refractivity contribution in [1.82, 2.24) is 0 Å². The number of nitrogens with zero attached hydrogens (tertiary/aromatic N) is 1. The number of hydrogen-bond acceptors (Lipinski definition) is 6. The summed E-state index contributed by atoms with van der Waals surface area (Å²) in [5, 5.41) is 10.7. The van der Waals surface area contributed by atoms with Crippen LogP contribution in [0.25, 0.3) is 6.08 Å². The number of nitro groups is 1. The molecule has 0 spiro atoms. The molecule has 0 aromatic heterocycles. The van der Waals surface area contributed by atoms with E-state index in [2.05, 4.69) is 4.74 Å². The topological polar surface area (TPSA) is 87.9 Å². The van der Waals surface area contributed by atoms with Crippen LogP contribution in [0.5, 0.6) is 11.5 Å². The number of benzene rings is 2. The van der Waals surface area contributed by atoms with E-state index < -0.39 is 17.5 Å². The highest BCUT2D eigenvalue weighted by Gasteiger charge is 2.11. The standard InChI is InChI=1S/C18H15F2NO6/c1-25-16-10-13(5-7-15(16)27-18(19)20)11-26-17(22)8-6-12-3-2-4-14(9-12)21(23)24/h2-10,18H,11H2,1H3/b8-6+. The van der Waals surface area contributed by atoms with Crippen LogP contribution in [0.1, 0.15) is 11.1 Å². The van der Waals surface area contributed by atoms with Gasteiger partial charge in [-0.05, 0) is 29.3 Å². The van der Waals surface area contributed by atoms with E-state index in [1.165, 1.54) is 49.6 Å². The second kappa shape index (κ2) is 9.27. The zero-order chi connectivity index (χ0) is 19.8. The molecule has 142 valence electrons. The number of methoxy groups -OCH3 is 1. The van der Waals surface area contributed by atoms with Crippen LogP contribution in [-0.4, -0.2) is 24.6 Å². The van der Waals surface area contributed by atoms with Crippen molar-refractivity contribution in [2.24, 2.45) is 0 Å². The van der Waals surface area contributed by atoms with Gasteiger partial charge < -0.3 is 14.2 Å². The van der Waals surface area contributed by atoms with E-state index in [4.69, 9.17) is 9.47 Å². The molecular weight excluding hydrogens is 364 g/mol. The lowest BCUT2D eigenvalue weighted by atomic mass is 10.2. The third-order valence-corrected chi connectivity index (χ3v) is 3.32. The summed E-state index contributed by atoms with van der Waals surface area (Å²) >= 11 is 0. The molecule has 27 heavy (non-hydrogen) atoms. The van der Waals surface area contributed by atoms with Gasteiger partial charge in [0.15, 0.2) is 11.5 Å². The lowest BCUT2D eigenvalue weighted by molar-refractivity contribution is -0.384. The second-order valence-electron chi connectivity index (χ2n) is 5.16. The number of non-ortho nitro benzene ring substituents is 1. The first-order valence-corrected chi connectivity index (χ1v) is 7.60. The number of carbonyl (C=O) groups is 1. The highest BCUT2D eigenvalue weighted by atomic mass is 19.3. The van der Waals surface area contributed by atoms with Gasteiger partial charge in [-0.3, -0.25) is 10.1 Å². The van der Waals surface area contributed by atoms with E-state index in [9.17, 15) is 23.7 Å². The van der Waals surface area contributed by atoms with Crippen LogP contribution < -0.4 is 9.47 Å². The Hall–Kier alpha value is -3.49. The molecule has 2 aromatic carbocycles. The molecule has 0 bridgehead atoms. The average molecular weight is 379 g/mol. The predicted octanol–water partition coefficient (Wildman–Crippen LogP) is 3.96. The molecule has 0 saturated carbocycles. The van der Waals surface area contributed by atoms with Gasteiger partial charge in [-0.25, -0.2) is 4.79 Å². The molecular formula is C18H15F2NO6. The van der Waals surface area contributed by atoms with E-state index in [1.54, 1.807) is 6.07 Å². The first kappa shape index (κ1) is 19.8. The highest BCUT2D eigenvalue weighted by Crippen LogP contribution is 2.29. The maximum absolute atomic E-state index is 12.3. The number of carbonyl (C=O) groups excluding carboxylic acids is 1. The molecule has 0 amide bonds. The van der Waals surface area contributed by atoms with Crippen molar-refractivity contribution in [2.45, 2.75) is 13.2 Å².